The Balaban J connectivity index is 1.13. The minimum absolute atomic E-state index is 0.568. The Kier molecular flexibility index (Phi) is 7.19. The average molecular weight is 733 g/mol. The third-order valence-electron chi connectivity index (χ3n) is 11.5. The van der Waals surface area contributed by atoms with Gasteiger partial charge in [0, 0.05) is 32.3 Å². The van der Waals surface area contributed by atoms with Crippen LogP contribution in [-0.4, -0.2) is 9.55 Å². The Morgan fingerprint density at radius 2 is 1.18 bits per heavy atom. The van der Waals surface area contributed by atoms with E-state index in [0.717, 1.165) is 55.9 Å². The molecule has 9 aromatic rings. The van der Waals surface area contributed by atoms with E-state index < -0.39 is 5.41 Å². The summed E-state index contributed by atoms with van der Waals surface area (Å²) in [7, 11) is 0. The molecule has 1 aliphatic carbocycles. The van der Waals surface area contributed by atoms with Crippen LogP contribution in [0.4, 0.5) is 5.69 Å². The summed E-state index contributed by atoms with van der Waals surface area (Å²) in [6, 6.07) is 66.9. The average Bonchev–Trinajstić information content (AvgIpc) is 3.78. The fourth-order valence-electron chi connectivity index (χ4n) is 9.11. The molecule has 0 fully saturated rings. The van der Waals surface area contributed by atoms with Crippen molar-refractivity contribution in [3.05, 3.63) is 210 Å². The van der Waals surface area contributed by atoms with E-state index >= 15 is 0 Å². The van der Waals surface area contributed by atoms with Gasteiger partial charge in [0.05, 0.1) is 28.1 Å². The van der Waals surface area contributed by atoms with Crippen LogP contribution in [0.25, 0.3) is 61.5 Å². The van der Waals surface area contributed by atoms with Crippen LogP contribution in [0.15, 0.2) is 192 Å². The highest BCUT2D eigenvalue weighted by molar-refractivity contribution is 7.99. The van der Waals surface area contributed by atoms with Gasteiger partial charge in [-0.1, -0.05) is 139 Å². The maximum Gasteiger partial charge on any atom is 0.145 e. The molecule has 11 rings (SSSR count). The molecule has 8 aromatic carbocycles. The molecule has 2 aliphatic rings. The monoisotopic (exact) mass is 732 g/mol. The number of hydrogen-bond donors (Lipinski definition) is 1. The van der Waals surface area contributed by atoms with E-state index in [1.165, 1.54) is 37.6 Å². The highest BCUT2D eigenvalue weighted by Gasteiger charge is 2.51. The van der Waals surface area contributed by atoms with Gasteiger partial charge < -0.3 is 5.73 Å². The Bertz CT molecular complexity index is 3040. The molecule has 0 unspecified atom stereocenters. The van der Waals surface area contributed by atoms with Crippen LogP contribution in [0, 0.1) is 11.3 Å². The zero-order valence-corrected chi connectivity index (χ0v) is 31.0. The standard InChI is InChI=1S/C51H32N4S/c52-31-35-29-36(53)26-28-38(35)39-13-10-16-43-49(39)40-27-25-34(30-44(40)51(43)41-14-4-8-19-47(41)56-48-20-9-5-15-42(48)51)32-21-23-33(24-22-32)50-54-45-17-6-7-18-46(45)55(50)37-11-2-1-3-12-37/h1-30H,53H2. The molecular weight excluding hydrogens is 701 g/mol. The Morgan fingerprint density at radius 1 is 0.536 bits per heavy atom. The first-order valence-electron chi connectivity index (χ1n) is 18.7. The van der Waals surface area contributed by atoms with Crippen molar-refractivity contribution < 1.29 is 0 Å². The molecule has 0 radical (unpaired) electrons. The molecular formula is C51H32N4S. The Labute approximate surface area is 329 Å². The lowest BCUT2D eigenvalue weighted by Crippen LogP contribution is -2.32. The highest BCUT2D eigenvalue weighted by atomic mass is 32.2. The van der Waals surface area contributed by atoms with E-state index in [-0.39, 0.29) is 0 Å². The van der Waals surface area contributed by atoms with Crippen molar-refractivity contribution in [2.75, 3.05) is 5.73 Å². The first-order valence-corrected chi connectivity index (χ1v) is 19.5. The number of imidazole rings is 1. The summed E-state index contributed by atoms with van der Waals surface area (Å²) in [5.74, 6) is 0.909. The molecule has 2 N–H and O–H groups in total. The topological polar surface area (TPSA) is 67.6 Å². The number of hydrogen-bond acceptors (Lipinski definition) is 4. The Morgan fingerprint density at radius 3 is 1.95 bits per heavy atom. The molecule has 5 heteroatoms. The van der Waals surface area contributed by atoms with Gasteiger partial charge in [-0.3, -0.25) is 4.57 Å². The normalized spacial score (nSPS) is 13.1. The van der Waals surface area contributed by atoms with Crippen molar-refractivity contribution in [3.63, 3.8) is 0 Å². The second kappa shape index (κ2) is 12.5. The number of fused-ring (bicyclic) bond motifs is 10. The van der Waals surface area contributed by atoms with Crippen molar-refractivity contribution in [1.29, 1.82) is 5.26 Å². The number of nitriles is 1. The summed E-state index contributed by atoms with van der Waals surface area (Å²) >= 11 is 1.84. The van der Waals surface area contributed by atoms with Gasteiger partial charge in [-0.15, -0.1) is 0 Å². The van der Waals surface area contributed by atoms with E-state index in [1.807, 2.05) is 36.0 Å². The molecule has 0 bridgehead atoms. The largest absolute Gasteiger partial charge is 0.399 e. The maximum atomic E-state index is 10.3. The molecule has 0 saturated heterocycles. The minimum Gasteiger partial charge on any atom is -0.399 e. The van der Waals surface area contributed by atoms with Crippen LogP contribution in [0.3, 0.4) is 0 Å². The summed E-state index contributed by atoms with van der Waals surface area (Å²) in [6.07, 6.45) is 0. The van der Waals surface area contributed by atoms with Gasteiger partial charge in [-0.2, -0.15) is 5.26 Å². The zero-order valence-electron chi connectivity index (χ0n) is 30.1. The Hall–Kier alpha value is -7.13. The van der Waals surface area contributed by atoms with Crippen LogP contribution in [0.1, 0.15) is 27.8 Å². The number of nitrogens with two attached hydrogens (primary N) is 1. The first-order chi connectivity index (χ1) is 27.6. The van der Waals surface area contributed by atoms with Crippen molar-refractivity contribution in [1.82, 2.24) is 9.55 Å². The third-order valence-corrected chi connectivity index (χ3v) is 12.6. The van der Waals surface area contributed by atoms with Gasteiger partial charge in [0.1, 0.15) is 5.82 Å². The fourth-order valence-corrected chi connectivity index (χ4v) is 10.3. The molecule has 4 nitrogen and oxygen atoms in total. The van der Waals surface area contributed by atoms with Crippen LogP contribution in [0.5, 0.6) is 0 Å². The molecule has 1 spiro atoms. The number of benzene rings is 8. The molecule has 0 amide bonds. The quantitative estimate of drug-likeness (QED) is 0.183. The third kappa shape index (κ3) is 4.63. The highest BCUT2D eigenvalue weighted by Crippen LogP contribution is 2.63. The predicted molar refractivity (Wildman–Crippen MR) is 228 cm³/mol. The van der Waals surface area contributed by atoms with E-state index in [4.69, 9.17) is 10.7 Å². The summed E-state index contributed by atoms with van der Waals surface area (Å²) in [5.41, 5.74) is 22.4. The second-order valence-corrected chi connectivity index (χ2v) is 15.5. The van der Waals surface area contributed by atoms with Crippen molar-refractivity contribution >= 4 is 28.5 Å². The lowest BCUT2D eigenvalue weighted by atomic mass is 9.67. The van der Waals surface area contributed by atoms with Gasteiger partial charge in [0.25, 0.3) is 0 Å². The molecule has 1 aliphatic heterocycles. The lowest BCUT2D eigenvalue weighted by Gasteiger charge is -2.39. The number of anilines is 1. The summed E-state index contributed by atoms with van der Waals surface area (Å²) < 4.78 is 2.24. The number of nitrogens with zero attached hydrogens (tertiary/aromatic N) is 3. The van der Waals surface area contributed by atoms with E-state index in [9.17, 15) is 5.26 Å². The summed E-state index contributed by atoms with van der Waals surface area (Å²) in [4.78, 5) is 7.61. The first kappa shape index (κ1) is 32.3. The van der Waals surface area contributed by atoms with Gasteiger partial charge in [0.2, 0.25) is 0 Å². The van der Waals surface area contributed by atoms with Crippen molar-refractivity contribution in [3.8, 4) is 56.5 Å². The van der Waals surface area contributed by atoms with Gasteiger partial charge in [0.15, 0.2) is 0 Å². The predicted octanol–water partition coefficient (Wildman–Crippen LogP) is 12.3. The summed E-state index contributed by atoms with van der Waals surface area (Å²) in [5, 5.41) is 10.3. The SMILES string of the molecule is N#Cc1cc(N)ccc1-c1cccc2c1-c1ccc(-c3ccc(-c4nc5ccccc5n4-c4ccccc4)cc3)cc1C21c2ccccc2Sc2ccccc21. The van der Waals surface area contributed by atoms with Crippen molar-refractivity contribution in [2.45, 2.75) is 15.2 Å². The van der Waals surface area contributed by atoms with Crippen molar-refractivity contribution in [2.24, 2.45) is 0 Å². The van der Waals surface area contributed by atoms with E-state index in [0.29, 0.717) is 11.3 Å². The van der Waals surface area contributed by atoms with Crippen LogP contribution in [0.2, 0.25) is 0 Å². The molecule has 0 saturated carbocycles. The van der Waals surface area contributed by atoms with E-state index in [2.05, 4.69) is 162 Å². The smallest absolute Gasteiger partial charge is 0.145 e. The van der Waals surface area contributed by atoms with Crippen LogP contribution >= 0.6 is 11.8 Å². The van der Waals surface area contributed by atoms with Crippen LogP contribution < -0.4 is 5.73 Å². The second-order valence-electron chi connectivity index (χ2n) is 14.4. The number of para-hydroxylation sites is 3. The molecule has 262 valence electrons. The number of rotatable bonds is 4. The number of aromatic nitrogens is 2. The molecule has 2 heterocycles. The van der Waals surface area contributed by atoms with Gasteiger partial charge in [-0.25, -0.2) is 4.98 Å². The lowest BCUT2D eigenvalue weighted by molar-refractivity contribution is 0.723. The van der Waals surface area contributed by atoms with Crippen LogP contribution in [-0.2, 0) is 5.41 Å². The zero-order chi connectivity index (χ0) is 37.4. The van der Waals surface area contributed by atoms with Gasteiger partial charge >= 0.3 is 0 Å². The number of nitrogen functional groups attached to an aromatic ring is 1. The summed E-state index contributed by atoms with van der Waals surface area (Å²) in [6.45, 7) is 0. The maximum absolute atomic E-state index is 10.3. The van der Waals surface area contributed by atoms with Gasteiger partial charge in [-0.05, 0) is 105 Å². The molecule has 1 aromatic heterocycles. The minimum atomic E-state index is -0.573. The fraction of sp³-hybridized carbons (Fsp3) is 0.0196. The molecule has 0 atom stereocenters. The molecule has 56 heavy (non-hydrogen) atoms. The van der Waals surface area contributed by atoms with E-state index in [1.54, 1.807) is 6.07 Å².